The number of furan rings is 1. The van der Waals surface area contributed by atoms with Gasteiger partial charge in [-0.25, -0.2) is 0 Å². The van der Waals surface area contributed by atoms with Crippen LogP contribution in [0, 0.1) is 6.26 Å². The third-order valence-corrected chi connectivity index (χ3v) is 1.61. The molecule has 0 spiro atoms. The van der Waals surface area contributed by atoms with E-state index in [2.05, 4.69) is 6.26 Å². The van der Waals surface area contributed by atoms with E-state index in [9.17, 15) is 0 Å². The first-order valence-corrected chi connectivity index (χ1v) is 3.33. The summed E-state index contributed by atoms with van der Waals surface area (Å²) < 4.78 is 9.92. The van der Waals surface area contributed by atoms with Gasteiger partial charge >= 0.3 is 0 Å². The Morgan fingerprint density at radius 2 is 2.36 bits per heavy atom. The lowest BCUT2D eigenvalue weighted by molar-refractivity contribution is 0.415. The molecule has 2 nitrogen and oxygen atoms in total. The zero-order chi connectivity index (χ0) is 7.68. The molecule has 1 heterocycles. The zero-order valence-electron chi connectivity index (χ0n) is 6.13. The van der Waals surface area contributed by atoms with Crippen molar-refractivity contribution >= 4 is 10.8 Å². The fourth-order valence-electron chi connectivity index (χ4n) is 1.01. The zero-order valence-corrected chi connectivity index (χ0v) is 6.13. The maximum Gasteiger partial charge on any atom is 0.177 e. The molecule has 1 radical (unpaired) electrons. The van der Waals surface area contributed by atoms with Crippen molar-refractivity contribution in [1.82, 2.24) is 0 Å². The smallest absolute Gasteiger partial charge is 0.177 e. The van der Waals surface area contributed by atoms with Gasteiger partial charge in [0.1, 0.15) is 5.75 Å². The van der Waals surface area contributed by atoms with Gasteiger partial charge in [-0.05, 0) is 18.2 Å². The average Bonchev–Trinajstić information content (AvgIpc) is 2.50. The van der Waals surface area contributed by atoms with Crippen LogP contribution < -0.4 is 4.74 Å². The highest BCUT2D eigenvalue weighted by Crippen LogP contribution is 2.20. The maximum absolute atomic E-state index is 5.04. The Kier molecular flexibility index (Phi) is 1.32. The first-order valence-electron chi connectivity index (χ1n) is 3.33. The second kappa shape index (κ2) is 2.31. The number of ether oxygens (including phenoxy) is 1. The van der Waals surface area contributed by atoms with Crippen LogP contribution in [-0.2, 0) is 0 Å². The van der Waals surface area contributed by atoms with Crippen molar-refractivity contribution < 1.29 is 9.15 Å². The molecule has 0 aliphatic carbocycles. The Labute approximate surface area is 64.4 Å². The molecule has 2 rings (SSSR count). The van der Waals surface area contributed by atoms with Crippen LogP contribution in [0.4, 0.5) is 0 Å². The number of methoxy groups -OCH3 is 1. The third kappa shape index (κ3) is 0.963. The van der Waals surface area contributed by atoms with Crippen LogP contribution in [0.2, 0.25) is 0 Å². The highest BCUT2D eigenvalue weighted by Gasteiger charge is 1.97. The average molecular weight is 147 g/mol. The second-order valence-corrected chi connectivity index (χ2v) is 2.29. The van der Waals surface area contributed by atoms with Crippen LogP contribution in [0.25, 0.3) is 10.8 Å². The van der Waals surface area contributed by atoms with Gasteiger partial charge in [0.2, 0.25) is 0 Å². The molecule has 0 amide bonds. The Hall–Kier alpha value is -1.44. The van der Waals surface area contributed by atoms with E-state index in [0.29, 0.717) is 0 Å². The van der Waals surface area contributed by atoms with Gasteiger partial charge in [-0.3, -0.25) is 0 Å². The van der Waals surface area contributed by atoms with Gasteiger partial charge < -0.3 is 9.15 Å². The van der Waals surface area contributed by atoms with Gasteiger partial charge in [-0.1, -0.05) is 0 Å². The standard InChI is InChI=1S/C9H7O2/c1-10-9-3-2-7-5-11-6-8(7)4-9/h2-4,6H,1H3. The molecule has 0 unspecified atom stereocenters. The van der Waals surface area contributed by atoms with Crippen molar-refractivity contribution in [2.45, 2.75) is 0 Å². The quantitative estimate of drug-likeness (QED) is 0.617. The molecule has 0 aliphatic heterocycles. The Balaban J connectivity index is 2.67. The van der Waals surface area contributed by atoms with E-state index >= 15 is 0 Å². The number of rotatable bonds is 1. The van der Waals surface area contributed by atoms with Crippen LogP contribution in [0.1, 0.15) is 0 Å². The molecule has 0 saturated carbocycles. The number of hydrogen-bond donors (Lipinski definition) is 0. The monoisotopic (exact) mass is 147 g/mol. The molecule has 0 atom stereocenters. The predicted molar refractivity (Wildman–Crippen MR) is 41.6 cm³/mol. The van der Waals surface area contributed by atoms with Crippen LogP contribution >= 0.6 is 0 Å². The highest BCUT2D eigenvalue weighted by molar-refractivity contribution is 5.81. The van der Waals surface area contributed by atoms with E-state index < -0.39 is 0 Å². The first-order chi connectivity index (χ1) is 5.40. The van der Waals surface area contributed by atoms with Gasteiger partial charge in [-0.2, -0.15) is 0 Å². The lowest BCUT2D eigenvalue weighted by atomic mass is 10.2. The molecule has 2 aromatic rings. The molecule has 0 aliphatic rings. The van der Waals surface area contributed by atoms with E-state index in [0.717, 1.165) is 16.5 Å². The first kappa shape index (κ1) is 6.28. The number of fused-ring (bicyclic) bond motifs is 1. The van der Waals surface area contributed by atoms with Gasteiger partial charge in [0.15, 0.2) is 6.26 Å². The van der Waals surface area contributed by atoms with Crippen molar-refractivity contribution in [2.24, 2.45) is 0 Å². The minimum absolute atomic E-state index is 0.840. The molecular weight excluding hydrogens is 140 g/mol. The Bertz CT molecular complexity index is 362. The summed E-state index contributed by atoms with van der Waals surface area (Å²) in [5, 5.41) is 2.00. The fraction of sp³-hybridized carbons (Fsp3) is 0.111. The topological polar surface area (TPSA) is 22.4 Å². The molecule has 0 N–H and O–H groups in total. The van der Waals surface area contributed by atoms with Gasteiger partial charge in [0.05, 0.1) is 13.4 Å². The molecule has 1 aromatic heterocycles. The SMILES string of the molecule is COc1ccc2[c]occ2c1. The molecule has 55 valence electrons. The van der Waals surface area contributed by atoms with E-state index in [4.69, 9.17) is 9.15 Å². The summed E-state index contributed by atoms with van der Waals surface area (Å²) in [5.41, 5.74) is 0. The molecule has 11 heavy (non-hydrogen) atoms. The van der Waals surface area contributed by atoms with E-state index in [1.807, 2.05) is 18.2 Å². The van der Waals surface area contributed by atoms with Crippen LogP contribution in [0.5, 0.6) is 5.75 Å². The molecular formula is C9H7O2. The van der Waals surface area contributed by atoms with Crippen LogP contribution in [0.3, 0.4) is 0 Å². The Morgan fingerprint density at radius 3 is 3.18 bits per heavy atom. The van der Waals surface area contributed by atoms with E-state index in [1.54, 1.807) is 13.4 Å². The molecule has 0 bridgehead atoms. The maximum atomic E-state index is 5.04. The summed E-state index contributed by atoms with van der Waals surface area (Å²) in [4.78, 5) is 0. The van der Waals surface area contributed by atoms with Crippen molar-refractivity contribution in [3.63, 3.8) is 0 Å². The second-order valence-electron chi connectivity index (χ2n) is 2.29. The van der Waals surface area contributed by atoms with Gasteiger partial charge in [0.25, 0.3) is 0 Å². The van der Waals surface area contributed by atoms with Gasteiger partial charge in [-0.15, -0.1) is 0 Å². The normalized spacial score (nSPS) is 10.3. The molecule has 2 heteroatoms. The highest BCUT2D eigenvalue weighted by atomic mass is 16.5. The summed E-state index contributed by atoms with van der Waals surface area (Å²) in [7, 11) is 1.64. The lowest BCUT2D eigenvalue weighted by Gasteiger charge is -1.96. The Morgan fingerprint density at radius 1 is 1.45 bits per heavy atom. The van der Waals surface area contributed by atoms with Crippen molar-refractivity contribution in [2.75, 3.05) is 7.11 Å². The van der Waals surface area contributed by atoms with Crippen molar-refractivity contribution in [3.05, 3.63) is 30.7 Å². The molecule has 1 aromatic carbocycles. The van der Waals surface area contributed by atoms with E-state index in [-0.39, 0.29) is 0 Å². The largest absolute Gasteiger partial charge is 0.497 e. The van der Waals surface area contributed by atoms with Crippen LogP contribution in [-0.4, -0.2) is 7.11 Å². The predicted octanol–water partition coefficient (Wildman–Crippen LogP) is 2.24. The van der Waals surface area contributed by atoms with Crippen LogP contribution in [0.15, 0.2) is 28.9 Å². The fourth-order valence-corrected chi connectivity index (χ4v) is 1.01. The minimum atomic E-state index is 0.840. The van der Waals surface area contributed by atoms with E-state index in [1.165, 1.54) is 0 Å². The summed E-state index contributed by atoms with van der Waals surface area (Å²) in [5.74, 6) is 0.840. The lowest BCUT2D eigenvalue weighted by Crippen LogP contribution is -1.79. The summed E-state index contributed by atoms with van der Waals surface area (Å²) in [6, 6.07) is 5.71. The third-order valence-electron chi connectivity index (χ3n) is 1.61. The summed E-state index contributed by atoms with van der Waals surface area (Å²) >= 11 is 0. The summed E-state index contributed by atoms with van der Waals surface area (Å²) in [6.45, 7) is 0. The number of benzene rings is 1. The minimum Gasteiger partial charge on any atom is -0.497 e. The number of hydrogen-bond acceptors (Lipinski definition) is 2. The molecule has 0 fully saturated rings. The summed E-state index contributed by atoms with van der Waals surface area (Å²) in [6.07, 6.45) is 4.39. The molecule has 0 saturated heterocycles. The van der Waals surface area contributed by atoms with Crippen molar-refractivity contribution in [1.29, 1.82) is 0 Å². The van der Waals surface area contributed by atoms with Crippen molar-refractivity contribution in [3.8, 4) is 5.75 Å². The van der Waals surface area contributed by atoms with Gasteiger partial charge in [0, 0.05) is 10.8 Å².